The lowest BCUT2D eigenvalue weighted by Crippen LogP contribution is -2.50. The molecule has 0 spiro atoms. The quantitative estimate of drug-likeness (QED) is 0.367. The molecule has 4 rings (SSSR count). The number of aliphatic hydroxyl groups is 1. The van der Waals surface area contributed by atoms with E-state index >= 15 is 0 Å². The molecule has 0 bridgehead atoms. The van der Waals surface area contributed by atoms with Gasteiger partial charge in [0.2, 0.25) is 10.0 Å². The molecular formula is C30H36N4O6S. The van der Waals surface area contributed by atoms with Gasteiger partial charge >= 0.3 is 6.03 Å². The van der Waals surface area contributed by atoms with Gasteiger partial charge in [-0.25, -0.2) is 13.2 Å². The molecule has 1 aliphatic rings. The maximum absolute atomic E-state index is 13.7. The fourth-order valence-electron chi connectivity index (χ4n) is 4.61. The van der Waals surface area contributed by atoms with E-state index in [1.54, 1.807) is 78.6 Å². The summed E-state index contributed by atoms with van der Waals surface area (Å²) in [5, 5.41) is 15.4. The zero-order valence-corrected chi connectivity index (χ0v) is 24.4. The molecule has 3 amide bonds. The number of rotatable bonds is 8. The number of amides is 3. The average molecular weight is 581 g/mol. The molecule has 3 atom stereocenters. The number of fused-ring (bicyclic) bond motifs is 1. The summed E-state index contributed by atoms with van der Waals surface area (Å²) in [7, 11) is -2.35. The number of hydrogen-bond donors (Lipinski definition) is 3. The number of urea groups is 1. The summed E-state index contributed by atoms with van der Waals surface area (Å²) in [5.41, 5.74) is 1.98. The molecule has 218 valence electrons. The van der Waals surface area contributed by atoms with E-state index in [2.05, 4.69) is 10.6 Å². The van der Waals surface area contributed by atoms with Gasteiger partial charge in [0.25, 0.3) is 5.91 Å². The van der Waals surface area contributed by atoms with E-state index in [4.69, 9.17) is 4.74 Å². The number of para-hydroxylation sites is 2. The van der Waals surface area contributed by atoms with E-state index in [1.165, 1.54) is 11.4 Å². The van der Waals surface area contributed by atoms with Crippen molar-refractivity contribution in [2.24, 2.45) is 5.92 Å². The third-order valence-electron chi connectivity index (χ3n) is 7.14. The van der Waals surface area contributed by atoms with E-state index < -0.39 is 28.2 Å². The second-order valence-electron chi connectivity index (χ2n) is 10.3. The lowest BCUT2D eigenvalue weighted by molar-refractivity contribution is 0.0389. The molecule has 3 aromatic rings. The molecule has 1 heterocycles. The summed E-state index contributed by atoms with van der Waals surface area (Å²) in [6.45, 7) is 5.45. The largest absolute Gasteiger partial charge is 0.486 e. The zero-order valence-electron chi connectivity index (χ0n) is 23.6. The van der Waals surface area contributed by atoms with Crippen LogP contribution in [0.4, 0.5) is 16.2 Å². The number of hydrogen-bond acceptors (Lipinski definition) is 6. The highest BCUT2D eigenvalue weighted by Crippen LogP contribution is 2.35. The number of benzene rings is 3. The summed E-state index contributed by atoms with van der Waals surface area (Å²) in [5.74, 6) is -0.559. The molecule has 0 radical (unpaired) electrons. The fraction of sp³-hybridized carbons (Fsp3) is 0.333. The SMILES string of the molecule is Cc1ccc(S(=O)(=O)N(C)C[C@H]2Oc3c(NC(=O)Nc4ccccc4)cccc3C(=O)N([C@H](C)CO)C[C@@H]2C)cc1. The molecule has 0 unspecified atom stereocenters. The van der Waals surface area contributed by atoms with Crippen molar-refractivity contribution in [1.29, 1.82) is 0 Å². The van der Waals surface area contributed by atoms with E-state index in [1.807, 2.05) is 19.9 Å². The first-order valence-electron chi connectivity index (χ1n) is 13.4. The van der Waals surface area contributed by atoms with Gasteiger partial charge in [-0.1, -0.05) is 48.9 Å². The van der Waals surface area contributed by atoms with Gasteiger partial charge in [0.1, 0.15) is 6.10 Å². The first kappa shape index (κ1) is 30.0. The first-order valence-corrected chi connectivity index (χ1v) is 14.8. The van der Waals surface area contributed by atoms with Gasteiger partial charge in [-0.2, -0.15) is 4.31 Å². The van der Waals surface area contributed by atoms with Gasteiger partial charge in [0, 0.05) is 25.2 Å². The Labute approximate surface area is 241 Å². The highest BCUT2D eigenvalue weighted by Gasteiger charge is 2.36. The predicted molar refractivity (Wildman–Crippen MR) is 158 cm³/mol. The Morgan fingerprint density at radius 3 is 2.41 bits per heavy atom. The van der Waals surface area contributed by atoms with Crippen LogP contribution in [0.2, 0.25) is 0 Å². The van der Waals surface area contributed by atoms with Gasteiger partial charge in [0.15, 0.2) is 5.75 Å². The van der Waals surface area contributed by atoms with Crippen molar-refractivity contribution in [1.82, 2.24) is 9.21 Å². The van der Waals surface area contributed by atoms with Crippen molar-refractivity contribution < 1.29 is 27.9 Å². The maximum atomic E-state index is 13.7. The van der Waals surface area contributed by atoms with Crippen LogP contribution in [0.25, 0.3) is 0 Å². The number of anilines is 2. The number of aryl methyl sites for hydroxylation is 1. The fourth-order valence-corrected chi connectivity index (χ4v) is 5.79. The summed E-state index contributed by atoms with van der Waals surface area (Å²) in [6.07, 6.45) is -0.694. The number of carbonyl (C=O) groups excluding carboxylic acids is 2. The highest BCUT2D eigenvalue weighted by atomic mass is 32.2. The normalized spacial score (nSPS) is 18.1. The lowest BCUT2D eigenvalue weighted by atomic mass is 9.99. The number of ether oxygens (including phenoxy) is 1. The standard InChI is InChI=1S/C30H36N4O6S/c1-20-13-15-24(16-14-20)41(38,39)33(4)18-27-21(2)17-34(22(3)19-35)29(36)25-11-8-12-26(28(25)40-27)32-30(37)31-23-9-6-5-7-10-23/h5-16,21-22,27,35H,17-19H2,1-4H3,(H2,31,32,37)/t21-,22+,27+/m0/s1. The van der Waals surface area contributed by atoms with Gasteiger partial charge in [0.05, 0.1) is 35.3 Å². The van der Waals surface area contributed by atoms with E-state index in [0.29, 0.717) is 5.69 Å². The van der Waals surface area contributed by atoms with Crippen molar-refractivity contribution in [3.63, 3.8) is 0 Å². The van der Waals surface area contributed by atoms with Gasteiger partial charge in [-0.15, -0.1) is 0 Å². The molecule has 41 heavy (non-hydrogen) atoms. The number of likely N-dealkylation sites (N-methyl/N-ethyl adjacent to an activating group) is 1. The van der Waals surface area contributed by atoms with E-state index in [9.17, 15) is 23.1 Å². The van der Waals surface area contributed by atoms with Crippen LogP contribution in [-0.4, -0.2) is 73.6 Å². The maximum Gasteiger partial charge on any atom is 0.323 e. The Hall–Kier alpha value is -3.93. The summed E-state index contributed by atoms with van der Waals surface area (Å²) < 4.78 is 34.4. The minimum Gasteiger partial charge on any atom is -0.486 e. The molecule has 0 aromatic heterocycles. The Morgan fingerprint density at radius 1 is 1.07 bits per heavy atom. The number of aliphatic hydroxyl groups excluding tert-OH is 1. The molecular weight excluding hydrogens is 544 g/mol. The third-order valence-corrected chi connectivity index (χ3v) is 8.97. The van der Waals surface area contributed by atoms with Crippen molar-refractivity contribution in [2.75, 3.05) is 37.4 Å². The highest BCUT2D eigenvalue weighted by molar-refractivity contribution is 7.89. The molecule has 0 saturated heterocycles. The van der Waals surface area contributed by atoms with Crippen LogP contribution in [-0.2, 0) is 10.0 Å². The smallest absolute Gasteiger partial charge is 0.323 e. The molecule has 0 saturated carbocycles. The van der Waals surface area contributed by atoms with Crippen LogP contribution in [0, 0.1) is 12.8 Å². The van der Waals surface area contributed by atoms with Gasteiger partial charge in [-0.05, 0) is 50.2 Å². The molecule has 3 N–H and O–H groups in total. The molecule has 0 aliphatic carbocycles. The van der Waals surface area contributed by atoms with Crippen LogP contribution < -0.4 is 15.4 Å². The Morgan fingerprint density at radius 2 is 1.76 bits per heavy atom. The Kier molecular flexibility index (Phi) is 9.31. The van der Waals surface area contributed by atoms with Gasteiger partial charge < -0.3 is 25.4 Å². The van der Waals surface area contributed by atoms with E-state index in [0.717, 1.165) is 5.56 Å². The van der Waals surface area contributed by atoms with Crippen molar-refractivity contribution in [2.45, 2.75) is 37.8 Å². The van der Waals surface area contributed by atoms with Crippen molar-refractivity contribution >= 4 is 33.3 Å². The van der Waals surface area contributed by atoms with Crippen LogP contribution in [0.3, 0.4) is 0 Å². The topological polar surface area (TPSA) is 128 Å². The van der Waals surface area contributed by atoms with Crippen LogP contribution >= 0.6 is 0 Å². The average Bonchev–Trinajstić information content (AvgIpc) is 2.95. The Balaban J connectivity index is 1.68. The number of nitrogens with one attached hydrogen (secondary N) is 2. The lowest BCUT2D eigenvalue weighted by Gasteiger charge is -2.38. The minimum absolute atomic E-state index is 0.0170. The summed E-state index contributed by atoms with van der Waals surface area (Å²) >= 11 is 0. The Bertz CT molecular complexity index is 1480. The van der Waals surface area contributed by atoms with Crippen LogP contribution in [0.15, 0.2) is 77.7 Å². The van der Waals surface area contributed by atoms with Crippen LogP contribution in [0.5, 0.6) is 5.75 Å². The molecule has 0 fully saturated rings. The summed E-state index contributed by atoms with van der Waals surface area (Å²) in [6, 6.07) is 19.3. The predicted octanol–water partition coefficient (Wildman–Crippen LogP) is 4.18. The van der Waals surface area contributed by atoms with Crippen molar-refractivity contribution in [3.8, 4) is 5.75 Å². The monoisotopic (exact) mass is 580 g/mol. The number of sulfonamides is 1. The van der Waals surface area contributed by atoms with E-state index in [-0.39, 0.29) is 53.4 Å². The summed E-state index contributed by atoms with van der Waals surface area (Å²) in [4.78, 5) is 28.2. The molecule has 10 nitrogen and oxygen atoms in total. The van der Waals surface area contributed by atoms with Crippen LogP contribution in [0.1, 0.15) is 29.8 Å². The second kappa shape index (κ2) is 12.7. The zero-order chi connectivity index (χ0) is 29.7. The molecule has 11 heteroatoms. The minimum atomic E-state index is -3.83. The number of carbonyl (C=O) groups is 2. The van der Waals surface area contributed by atoms with Gasteiger partial charge in [-0.3, -0.25) is 4.79 Å². The molecule has 1 aliphatic heterocycles. The first-order chi connectivity index (χ1) is 19.5. The number of nitrogens with zero attached hydrogens (tertiary/aromatic N) is 2. The third kappa shape index (κ3) is 6.87. The second-order valence-corrected chi connectivity index (χ2v) is 12.4. The van der Waals surface area contributed by atoms with Crippen molar-refractivity contribution in [3.05, 3.63) is 83.9 Å². The molecule has 3 aromatic carbocycles.